The summed E-state index contributed by atoms with van der Waals surface area (Å²) >= 11 is 0. The Bertz CT molecular complexity index is 945. The highest BCUT2D eigenvalue weighted by molar-refractivity contribution is 6.16. The number of rotatable bonds is 5. The molecule has 0 radical (unpaired) electrons. The van der Waals surface area contributed by atoms with Gasteiger partial charge >= 0.3 is 5.97 Å². The molecule has 1 amide bonds. The lowest BCUT2D eigenvalue weighted by molar-refractivity contribution is -0.119. The molecule has 1 heterocycles. The summed E-state index contributed by atoms with van der Waals surface area (Å²) in [7, 11) is 1.29. The second-order valence-corrected chi connectivity index (χ2v) is 6.81. The molecule has 2 aromatic carbocycles. The molecule has 6 nitrogen and oxygen atoms in total. The molecular weight excluding hydrogens is 358 g/mol. The molecular formula is C22H21NO5. The Hall–Kier alpha value is -3.41. The number of amides is 1. The highest BCUT2D eigenvalue weighted by Gasteiger charge is 2.44. The van der Waals surface area contributed by atoms with Crippen molar-refractivity contribution in [3.8, 4) is 0 Å². The van der Waals surface area contributed by atoms with E-state index in [0.29, 0.717) is 16.8 Å². The molecule has 2 aromatic rings. The van der Waals surface area contributed by atoms with Gasteiger partial charge in [0, 0.05) is 11.6 Å². The van der Waals surface area contributed by atoms with Crippen LogP contribution in [0.15, 0.2) is 65.9 Å². The van der Waals surface area contributed by atoms with E-state index < -0.39 is 23.7 Å². The first-order valence-electron chi connectivity index (χ1n) is 8.91. The quantitative estimate of drug-likeness (QED) is 0.803. The van der Waals surface area contributed by atoms with Crippen LogP contribution < -0.4 is 4.90 Å². The van der Waals surface area contributed by atoms with Gasteiger partial charge in [-0.3, -0.25) is 14.5 Å². The Labute approximate surface area is 163 Å². The monoisotopic (exact) mass is 379 g/mol. The molecule has 0 aromatic heterocycles. The summed E-state index contributed by atoms with van der Waals surface area (Å²) in [6.07, 6.45) is 0. The standard InChI is InChI=1S/C22H21NO5/c1-13(2)19(24)17-18(14-7-5-4-6-8-14)23(21(26)20(17)25)16-11-9-15(10-12-16)22(27)28-3/h4-13,18,25H,1-3H3. The number of hydrogen-bond donors (Lipinski definition) is 1. The first-order valence-corrected chi connectivity index (χ1v) is 8.91. The number of nitrogens with zero attached hydrogens (tertiary/aromatic N) is 1. The zero-order chi connectivity index (χ0) is 20.4. The molecule has 0 fully saturated rings. The largest absolute Gasteiger partial charge is 0.503 e. The lowest BCUT2D eigenvalue weighted by Gasteiger charge is -2.27. The highest BCUT2D eigenvalue weighted by Crippen LogP contribution is 2.41. The molecule has 3 rings (SSSR count). The zero-order valence-corrected chi connectivity index (χ0v) is 15.9. The maximum Gasteiger partial charge on any atom is 0.337 e. The van der Waals surface area contributed by atoms with Crippen LogP contribution in [-0.4, -0.2) is 29.9 Å². The Morgan fingerprint density at radius 1 is 1.04 bits per heavy atom. The molecule has 0 spiro atoms. The minimum absolute atomic E-state index is 0.0863. The van der Waals surface area contributed by atoms with Gasteiger partial charge in [-0.1, -0.05) is 44.2 Å². The molecule has 1 atom stereocenters. The molecule has 1 aliphatic heterocycles. The number of carbonyl (C=O) groups is 3. The van der Waals surface area contributed by atoms with E-state index in [1.54, 1.807) is 38.1 Å². The van der Waals surface area contributed by atoms with Gasteiger partial charge in [0.25, 0.3) is 5.91 Å². The fourth-order valence-corrected chi connectivity index (χ4v) is 3.26. The van der Waals surface area contributed by atoms with Crippen molar-refractivity contribution in [1.82, 2.24) is 0 Å². The molecule has 28 heavy (non-hydrogen) atoms. The Morgan fingerprint density at radius 3 is 2.18 bits per heavy atom. The van der Waals surface area contributed by atoms with Crippen molar-refractivity contribution in [2.24, 2.45) is 5.92 Å². The molecule has 144 valence electrons. The summed E-state index contributed by atoms with van der Waals surface area (Å²) in [6, 6.07) is 14.6. The van der Waals surface area contributed by atoms with Crippen LogP contribution in [0.4, 0.5) is 5.69 Å². The van der Waals surface area contributed by atoms with Crippen LogP contribution >= 0.6 is 0 Å². The van der Waals surface area contributed by atoms with E-state index in [9.17, 15) is 19.5 Å². The van der Waals surface area contributed by atoms with Crippen molar-refractivity contribution >= 4 is 23.3 Å². The third-order valence-corrected chi connectivity index (χ3v) is 4.68. The zero-order valence-electron chi connectivity index (χ0n) is 15.9. The third kappa shape index (κ3) is 3.29. The topological polar surface area (TPSA) is 83.9 Å². The van der Waals surface area contributed by atoms with Gasteiger partial charge < -0.3 is 9.84 Å². The lowest BCUT2D eigenvalue weighted by Crippen LogP contribution is -2.31. The van der Waals surface area contributed by atoms with Crippen LogP contribution in [0.3, 0.4) is 0 Å². The first-order chi connectivity index (χ1) is 13.4. The minimum Gasteiger partial charge on any atom is -0.503 e. The fourth-order valence-electron chi connectivity index (χ4n) is 3.26. The van der Waals surface area contributed by atoms with E-state index in [1.807, 2.05) is 18.2 Å². The van der Waals surface area contributed by atoms with Crippen LogP contribution in [0.1, 0.15) is 35.8 Å². The Balaban J connectivity index is 2.11. The molecule has 0 saturated heterocycles. The highest BCUT2D eigenvalue weighted by atomic mass is 16.5. The van der Waals surface area contributed by atoms with E-state index >= 15 is 0 Å². The molecule has 0 saturated carbocycles. The Kier molecular flexibility index (Phi) is 5.31. The predicted molar refractivity (Wildman–Crippen MR) is 104 cm³/mol. The summed E-state index contributed by atoms with van der Waals surface area (Å²) in [6.45, 7) is 3.45. The van der Waals surface area contributed by atoms with Crippen molar-refractivity contribution in [3.63, 3.8) is 0 Å². The van der Waals surface area contributed by atoms with Crippen LogP contribution in [0.25, 0.3) is 0 Å². The maximum absolute atomic E-state index is 12.9. The van der Waals surface area contributed by atoms with Crippen LogP contribution in [0.5, 0.6) is 0 Å². The molecule has 1 aliphatic rings. The number of hydrogen-bond acceptors (Lipinski definition) is 5. The number of aliphatic hydroxyl groups excluding tert-OH is 1. The van der Waals surface area contributed by atoms with Crippen LogP contribution in [0, 0.1) is 5.92 Å². The van der Waals surface area contributed by atoms with Gasteiger partial charge in [-0.25, -0.2) is 4.79 Å². The van der Waals surface area contributed by atoms with Crippen molar-refractivity contribution in [2.45, 2.75) is 19.9 Å². The van der Waals surface area contributed by atoms with Gasteiger partial charge in [0.05, 0.1) is 24.3 Å². The molecule has 0 aliphatic carbocycles. The number of ketones is 1. The minimum atomic E-state index is -0.743. The van der Waals surface area contributed by atoms with Gasteiger partial charge in [-0.05, 0) is 29.8 Å². The number of methoxy groups -OCH3 is 1. The van der Waals surface area contributed by atoms with Crippen LogP contribution in [0.2, 0.25) is 0 Å². The molecule has 0 bridgehead atoms. The lowest BCUT2D eigenvalue weighted by atomic mass is 9.91. The normalized spacial score (nSPS) is 16.6. The summed E-state index contributed by atoms with van der Waals surface area (Å²) in [5.74, 6) is -2.34. The fraction of sp³-hybridized carbons (Fsp3) is 0.227. The van der Waals surface area contributed by atoms with E-state index in [1.165, 1.54) is 24.1 Å². The molecule has 6 heteroatoms. The number of aliphatic hydroxyl groups is 1. The van der Waals surface area contributed by atoms with Gasteiger partial charge in [0.15, 0.2) is 11.5 Å². The second-order valence-electron chi connectivity index (χ2n) is 6.81. The summed E-state index contributed by atoms with van der Waals surface area (Å²) < 4.78 is 4.69. The third-order valence-electron chi connectivity index (χ3n) is 4.68. The number of Topliss-reactive ketones (excluding diaryl/α,β-unsaturated/α-hetero) is 1. The SMILES string of the molecule is COC(=O)c1ccc(N2C(=O)C(O)=C(C(=O)C(C)C)C2c2ccccc2)cc1. The van der Waals surface area contributed by atoms with Gasteiger partial charge in [-0.2, -0.15) is 0 Å². The molecule has 1 N–H and O–H groups in total. The van der Waals surface area contributed by atoms with Crippen molar-refractivity contribution < 1.29 is 24.2 Å². The van der Waals surface area contributed by atoms with Gasteiger partial charge in [0.2, 0.25) is 0 Å². The number of benzene rings is 2. The van der Waals surface area contributed by atoms with E-state index in [2.05, 4.69) is 0 Å². The number of anilines is 1. The summed E-state index contributed by atoms with van der Waals surface area (Å²) in [5, 5.41) is 10.5. The van der Waals surface area contributed by atoms with Crippen molar-refractivity contribution in [1.29, 1.82) is 0 Å². The van der Waals surface area contributed by atoms with E-state index in [-0.39, 0.29) is 17.3 Å². The molecule has 1 unspecified atom stereocenters. The van der Waals surface area contributed by atoms with Gasteiger partial charge in [0.1, 0.15) is 0 Å². The summed E-state index contributed by atoms with van der Waals surface area (Å²) in [5.41, 5.74) is 1.60. The average molecular weight is 379 g/mol. The summed E-state index contributed by atoms with van der Waals surface area (Å²) in [4.78, 5) is 38.7. The van der Waals surface area contributed by atoms with Gasteiger partial charge in [-0.15, -0.1) is 0 Å². The predicted octanol–water partition coefficient (Wildman–Crippen LogP) is 3.60. The van der Waals surface area contributed by atoms with Crippen molar-refractivity contribution in [3.05, 3.63) is 77.1 Å². The smallest absolute Gasteiger partial charge is 0.337 e. The van der Waals surface area contributed by atoms with Crippen LogP contribution in [-0.2, 0) is 14.3 Å². The van der Waals surface area contributed by atoms with E-state index in [4.69, 9.17) is 4.74 Å². The number of ether oxygens (including phenoxy) is 1. The second kappa shape index (κ2) is 7.68. The first kappa shape index (κ1) is 19.4. The number of esters is 1. The Morgan fingerprint density at radius 2 is 1.64 bits per heavy atom. The van der Waals surface area contributed by atoms with E-state index in [0.717, 1.165) is 0 Å². The number of carbonyl (C=O) groups excluding carboxylic acids is 3. The maximum atomic E-state index is 12.9. The van der Waals surface area contributed by atoms with Crippen molar-refractivity contribution in [2.75, 3.05) is 12.0 Å². The average Bonchev–Trinajstić information content (AvgIpc) is 2.98.